The SMILES string of the molecule is CCOC(=O)Cc1cc(C#CCNc2ccc(C(=N)N)cc2)c(C)cc1C(=O)N1CCCC1C. The van der Waals surface area contributed by atoms with E-state index < -0.39 is 0 Å². The molecular formula is C27H32N4O3. The van der Waals surface area contributed by atoms with Gasteiger partial charge in [-0.25, -0.2) is 0 Å². The Hall–Kier alpha value is -3.79. The van der Waals surface area contributed by atoms with Gasteiger partial charge in [0.2, 0.25) is 0 Å². The largest absolute Gasteiger partial charge is 0.466 e. The number of nitrogens with zero attached hydrogens (tertiary/aromatic N) is 1. The van der Waals surface area contributed by atoms with E-state index in [0.717, 1.165) is 36.2 Å². The normalized spacial score (nSPS) is 14.8. The van der Waals surface area contributed by atoms with E-state index >= 15 is 0 Å². The molecule has 0 bridgehead atoms. The number of anilines is 1. The molecule has 0 saturated carbocycles. The number of nitrogen functional groups attached to an aromatic ring is 1. The Labute approximate surface area is 201 Å². The van der Waals surface area contributed by atoms with Gasteiger partial charge in [0.25, 0.3) is 5.91 Å². The second kappa shape index (κ2) is 11.4. The number of likely N-dealkylation sites (tertiary alicyclic amines) is 1. The van der Waals surface area contributed by atoms with E-state index in [1.54, 1.807) is 19.1 Å². The van der Waals surface area contributed by atoms with Crippen molar-refractivity contribution in [3.63, 3.8) is 0 Å². The second-order valence-electron chi connectivity index (χ2n) is 8.44. The lowest BCUT2D eigenvalue weighted by Gasteiger charge is -2.23. The predicted molar refractivity (Wildman–Crippen MR) is 134 cm³/mol. The van der Waals surface area contributed by atoms with Gasteiger partial charge in [-0.3, -0.25) is 15.0 Å². The first kappa shape index (κ1) is 24.8. The van der Waals surface area contributed by atoms with Gasteiger partial charge in [0.1, 0.15) is 5.84 Å². The predicted octanol–water partition coefficient (Wildman–Crippen LogP) is 3.47. The third-order valence-electron chi connectivity index (χ3n) is 5.93. The number of amidine groups is 1. The number of carbonyl (C=O) groups excluding carboxylic acids is 2. The number of aryl methyl sites for hydroxylation is 1. The summed E-state index contributed by atoms with van der Waals surface area (Å²) in [6.07, 6.45) is 2.02. The molecule has 1 fully saturated rings. The van der Waals surface area contributed by atoms with Crippen molar-refractivity contribution in [2.75, 3.05) is 25.0 Å². The smallest absolute Gasteiger partial charge is 0.310 e. The number of nitrogens with one attached hydrogen (secondary N) is 2. The lowest BCUT2D eigenvalue weighted by atomic mass is 9.96. The molecule has 1 aliphatic heterocycles. The summed E-state index contributed by atoms with van der Waals surface area (Å²) in [5.74, 6) is 5.90. The van der Waals surface area contributed by atoms with Crippen molar-refractivity contribution in [1.82, 2.24) is 4.90 Å². The van der Waals surface area contributed by atoms with E-state index in [1.807, 2.05) is 36.1 Å². The van der Waals surface area contributed by atoms with Crippen LogP contribution >= 0.6 is 0 Å². The van der Waals surface area contributed by atoms with Crippen LogP contribution in [0, 0.1) is 24.2 Å². The van der Waals surface area contributed by atoms with Gasteiger partial charge in [0.15, 0.2) is 0 Å². The number of ether oxygens (including phenoxy) is 1. The Kier molecular flexibility index (Phi) is 8.31. The zero-order chi connectivity index (χ0) is 24.7. The molecular weight excluding hydrogens is 428 g/mol. The summed E-state index contributed by atoms with van der Waals surface area (Å²) >= 11 is 0. The minimum Gasteiger partial charge on any atom is -0.466 e. The lowest BCUT2D eigenvalue weighted by molar-refractivity contribution is -0.142. The van der Waals surface area contributed by atoms with Crippen molar-refractivity contribution >= 4 is 23.4 Å². The molecule has 4 N–H and O–H groups in total. The molecule has 0 radical (unpaired) electrons. The fourth-order valence-corrected chi connectivity index (χ4v) is 4.04. The van der Waals surface area contributed by atoms with Gasteiger partial charge >= 0.3 is 5.97 Å². The molecule has 178 valence electrons. The molecule has 1 heterocycles. The quantitative estimate of drug-likeness (QED) is 0.254. The minimum absolute atomic E-state index is 0.0292. The topological polar surface area (TPSA) is 109 Å². The third kappa shape index (κ3) is 6.16. The van der Waals surface area contributed by atoms with Crippen molar-refractivity contribution < 1.29 is 14.3 Å². The summed E-state index contributed by atoms with van der Waals surface area (Å²) in [6, 6.07) is 11.1. The van der Waals surface area contributed by atoms with Crippen molar-refractivity contribution in [2.45, 2.75) is 46.1 Å². The average Bonchev–Trinajstić information content (AvgIpc) is 3.24. The van der Waals surface area contributed by atoms with Crippen LogP contribution in [0.2, 0.25) is 0 Å². The summed E-state index contributed by atoms with van der Waals surface area (Å²) in [6.45, 7) is 7.20. The Morgan fingerprint density at radius 2 is 2.00 bits per heavy atom. The average molecular weight is 461 g/mol. The third-order valence-corrected chi connectivity index (χ3v) is 5.93. The molecule has 2 aromatic rings. The van der Waals surface area contributed by atoms with Crippen LogP contribution in [0.25, 0.3) is 0 Å². The molecule has 0 aliphatic carbocycles. The van der Waals surface area contributed by atoms with Gasteiger partial charge in [-0.2, -0.15) is 0 Å². The molecule has 2 aromatic carbocycles. The van der Waals surface area contributed by atoms with Crippen LogP contribution in [0.5, 0.6) is 0 Å². The van der Waals surface area contributed by atoms with Crippen molar-refractivity contribution in [3.8, 4) is 11.8 Å². The highest BCUT2D eigenvalue weighted by Crippen LogP contribution is 2.24. The zero-order valence-electron chi connectivity index (χ0n) is 20.0. The van der Waals surface area contributed by atoms with Crippen LogP contribution in [0.3, 0.4) is 0 Å². The van der Waals surface area contributed by atoms with Crippen molar-refractivity contribution in [1.29, 1.82) is 5.41 Å². The van der Waals surface area contributed by atoms with Gasteiger partial charge < -0.3 is 20.7 Å². The molecule has 1 amide bonds. The molecule has 0 aromatic heterocycles. The Morgan fingerprint density at radius 1 is 1.26 bits per heavy atom. The molecule has 3 rings (SSSR count). The maximum absolute atomic E-state index is 13.3. The summed E-state index contributed by atoms with van der Waals surface area (Å²) in [5, 5.41) is 10.7. The van der Waals surface area contributed by atoms with Gasteiger partial charge in [-0.05, 0) is 81.1 Å². The first-order valence-electron chi connectivity index (χ1n) is 11.6. The first-order chi connectivity index (χ1) is 16.3. The Balaban J connectivity index is 1.80. The number of hydrogen-bond acceptors (Lipinski definition) is 5. The van der Waals surface area contributed by atoms with Gasteiger partial charge in [0.05, 0.1) is 19.6 Å². The van der Waals surface area contributed by atoms with Crippen molar-refractivity contribution in [3.05, 3.63) is 64.2 Å². The van der Waals surface area contributed by atoms with Crippen molar-refractivity contribution in [2.24, 2.45) is 5.73 Å². The number of rotatable bonds is 7. The van der Waals surface area contributed by atoms with Gasteiger partial charge in [0, 0.05) is 35.0 Å². The van der Waals surface area contributed by atoms with Crippen LogP contribution < -0.4 is 11.1 Å². The van der Waals surface area contributed by atoms with E-state index in [-0.39, 0.29) is 30.2 Å². The number of esters is 1. The molecule has 1 saturated heterocycles. The highest BCUT2D eigenvalue weighted by Gasteiger charge is 2.28. The fourth-order valence-electron chi connectivity index (χ4n) is 4.04. The van der Waals surface area contributed by atoms with E-state index in [1.165, 1.54) is 0 Å². The molecule has 7 heteroatoms. The number of amides is 1. The minimum atomic E-state index is -0.357. The molecule has 1 unspecified atom stereocenters. The maximum Gasteiger partial charge on any atom is 0.310 e. The van der Waals surface area contributed by atoms with Crippen LogP contribution in [0.4, 0.5) is 5.69 Å². The van der Waals surface area contributed by atoms with E-state index in [4.69, 9.17) is 15.9 Å². The summed E-state index contributed by atoms with van der Waals surface area (Å²) in [4.78, 5) is 27.4. The molecule has 34 heavy (non-hydrogen) atoms. The second-order valence-corrected chi connectivity index (χ2v) is 8.44. The van der Waals surface area contributed by atoms with Gasteiger partial charge in [-0.15, -0.1) is 0 Å². The summed E-state index contributed by atoms with van der Waals surface area (Å²) in [7, 11) is 0. The summed E-state index contributed by atoms with van der Waals surface area (Å²) < 4.78 is 5.14. The number of hydrogen-bond donors (Lipinski definition) is 3. The van der Waals surface area contributed by atoms with Crippen LogP contribution in [0.15, 0.2) is 36.4 Å². The number of nitrogens with two attached hydrogens (primary N) is 1. The number of carbonyl (C=O) groups is 2. The van der Waals surface area contributed by atoms with E-state index in [0.29, 0.717) is 29.8 Å². The summed E-state index contributed by atoms with van der Waals surface area (Å²) in [5.41, 5.74) is 9.88. The number of benzene rings is 2. The lowest BCUT2D eigenvalue weighted by Crippen LogP contribution is -2.34. The van der Waals surface area contributed by atoms with E-state index in [2.05, 4.69) is 24.1 Å². The molecule has 1 atom stereocenters. The van der Waals surface area contributed by atoms with E-state index in [9.17, 15) is 9.59 Å². The van der Waals surface area contributed by atoms with Gasteiger partial charge in [-0.1, -0.05) is 11.8 Å². The van der Waals surface area contributed by atoms with Crippen LogP contribution in [-0.4, -0.2) is 48.4 Å². The molecule has 0 spiro atoms. The fraction of sp³-hybridized carbons (Fsp3) is 0.370. The highest BCUT2D eigenvalue weighted by molar-refractivity contribution is 5.97. The Morgan fingerprint density at radius 3 is 2.62 bits per heavy atom. The standard InChI is InChI=1S/C27H32N4O3/c1-4-34-25(32)17-22-16-21(8-5-13-30-23-11-9-20(10-12-23)26(28)29)18(2)15-24(22)27(33)31-14-6-7-19(31)3/h9-12,15-16,19,30H,4,6-7,13-14,17H2,1-3H3,(H3,28,29). The monoisotopic (exact) mass is 460 g/mol. The molecule has 1 aliphatic rings. The first-order valence-corrected chi connectivity index (χ1v) is 11.6. The maximum atomic E-state index is 13.3. The van der Waals surface area contributed by atoms with Crippen LogP contribution in [-0.2, 0) is 16.0 Å². The molecule has 7 nitrogen and oxygen atoms in total. The highest BCUT2D eigenvalue weighted by atomic mass is 16.5. The zero-order valence-corrected chi connectivity index (χ0v) is 20.0. The van der Waals surface area contributed by atoms with Crippen LogP contribution in [0.1, 0.15) is 59.3 Å². The Bertz CT molecular complexity index is 1130.